The van der Waals surface area contributed by atoms with Crippen molar-refractivity contribution in [1.29, 1.82) is 0 Å². The van der Waals surface area contributed by atoms with Crippen molar-refractivity contribution >= 4 is 0 Å². The average molecular weight is 220 g/mol. The van der Waals surface area contributed by atoms with Crippen LogP contribution in [-0.2, 0) is 11.2 Å². The summed E-state index contributed by atoms with van der Waals surface area (Å²) in [6.07, 6.45) is 1.21. The second-order valence-corrected chi connectivity index (χ2v) is 5.12. The van der Waals surface area contributed by atoms with E-state index in [4.69, 9.17) is 4.74 Å². The van der Waals surface area contributed by atoms with Gasteiger partial charge in [-0.2, -0.15) is 0 Å². The maximum Gasteiger partial charge on any atom is 0.106 e. The van der Waals surface area contributed by atoms with Crippen molar-refractivity contribution in [3.05, 3.63) is 35.4 Å². The first-order chi connectivity index (χ1) is 7.53. The summed E-state index contributed by atoms with van der Waals surface area (Å²) >= 11 is 0. The molecule has 1 aliphatic carbocycles. The molecule has 0 aromatic heterocycles. The Morgan fingerprint density at radius 3 is 2.69 bits per heavy atom. The van der Waals surface area contributed by atoms with Gasteiger partial charge in [0.2, 0.25) is 0 Å². The lowest BCUT2D eigenvalue weighted by molar-refractivity contribution is -0.114. The molecule has 1 aliphatic rings. The van der Waals surface area contributed by atoms with E-state index >= 15 is 0 Å². The Labute approximate surface area is 97.3 Å². The maximum atomic E-state index is 10.2. The Balaban J connectivity index is 2.13. The quantitative estimate of drug-likeness (QED) is 0.848. The average Bonchev–Trinajstić information content (AvgIpc) is 2.56. The smallest absolute Gasteiger partial charge is 0.106 e. The summed E-state index contributed by atoms with van der Waals surface area (Å²) in [7, 11) is 0. The Bertz CT molecular complexity index is 371. The predicted octanol–water partition coefficient (Wildman–Crippen LogP) is 2.85. The van der Waals surface area contributed by atoms with E-state index in [1.165, 1.54) is 5.56 Å². The maximum absolute atomic E-state index is 10.2. The van der Waals surface area contributed by atoms with Crippen molar-refractivity contribution in [3.63, 3.8) is 0 Å². The third-order valence-electron chi connectivity index (χ3n) is 3.47. The van der Waals surface area contributed by atoms with Crippen molar-refractivity contribution < 1.29 is 9.84 Å². The normalized spacial score (nSPS) is 24.5. The Morgan fingerprint density at radius 1 is 1.38 bits per heavy atom. The predicted molar refractivity (Wildman–Crippen MR) is 64.3 cm³/mol. The number of rotatable bonds is 3. The van der Waals surface area contributed by atoms with Gasteiger partial charge in [-0.3, -0.25) is 0 Å². The molecule has 1 aromatic carbocycles. The van der Waals surface area contributed by atoms with Gasteiger partial charge >= 0.3 is 0 Å². The lowest BCUT2D eigenvalue weighted by Crippen LogP contribution is -2.32. The Kier molecular flexibility index (Phi) is 3.04. The van der Waals surface area contributed by atoms with Crippen molar-refractivity contribution in [2.75, 3.05) is 0 Å². The molecule has 0 bridgehead atoms. The number of ether oxygens (including phenoxy) is 1. The van der Waals surface area contributed by atoms with Gasteiger partial charge in [-0.15, -0.1) is 0 Å². The second-order valence-electron chi connectivity index (χ2n) is 5.12. The summed E-state index contributed by atoms with van der Waals surface area (Å²) in [6.45, 7) is 6.25. The van der Waals surface area contributed by atoms with Crippen LogP contribution in [0.4, 0.5) is 0 Å². The van der Waals surface area contributed by atoms with Crippen molar-refractivity contribution in [1.82, 2.24) is 0 Å². The van der Waals surface area contributed by atoms with Crippen LogP contribution in [0.2, 0.25) is 0 Å². The van der Waals surface area contributed by atoms with Crippen LogP contribution in [0, 0.1) is 0 Å². The van der Waals surface area contributed by atoms with E-state index in [0.29, 0.717) is 0 Å². The molecule has 0 heterocycles. The summed E-state index contributed by atoms with van der Waals surface area (Å²) < 4.78 is 5.99. The zero-order valence-electron chi connectivity index (χ0n) is 10.2. The molecule has 0 saturated carbocycles. The molecule has 88 valence electrons. The molecule has 0 fully saturated rings. The first kappa shape index (κ1) is 11.6. The lowest BCUT2D eigenvalue weighted by atomic mass is 10.1. The van der Waals surface area contributed by atoms with E-state index in [-0.39, 0.29) is 11.7 Å². The van der Waals surface area contributed by atoms with E-state index in [2.05, 4.69) is 26.8 Å². The van der Waals surface area contributed by atoms with Crippen molar-refractivity contribution in [3.8, 4) is 0 Å². The molecule has 2 nitrogen and oxygen atoms in total. The highest BCUT2D eigenvalue weighted by Crippen LogP contribution is 2.35. The van der Waals surface area contributed by atoms with Crippen LogP contribution >= 0.6 is 0 Å². The zero-order valence-corrected chi connectivity index (χ0v) is 10.2. The summed E-state index contributed by atoms with van der Waals surface area (Å²) in [6, 6.07) is 8.04. The number of aliphatic hydroxyl groups excluding tert-OH is 1. The largest absolute Gasteiger partial charge is 0.386 e. The van der Waals surface area contributed by atoms with Gasteiger partial charge < -0.3 is 9.84 Å². The molecule has 0 aliphatic heterocycles. The topological polar surface area (TPSA) is 29.5 Å². The van der Waals surface area contributed by atoms with Crippen LogP contribution in [0.5, 0.6) is 0 Å². The van der Waals surface area contributed by atoms with Crippen LogP contribution in [0.3, 0.4) is 0 Å². The number of hydrogen-bond acceptors (Lipinski definition) is 2. The van der Waals surface area contributed by atoms with E-state index in [1.54, 1.807) is 0 Å². The molecule has 1 N–H and O–H groups in total. The highest BCUT2D eigenvalue weighted by atomic mass is 16.5. The monoisotopic (exact) mass is 220 g/mol. The van der Waals surface area contributed by atoms with Gasteiger partial charge in [-0.25, -0.2) is 0 Å². The fourth-order valence-electron chi connectivity index (χ4n) is 2.14. The van der Waals surface area contributed by atoms with Gasteiger partial charge in [-0.05, 0) is 31.4 Å². The number of hydrogen-bond donors (Lipinski definition) is 1. The molecular weight excluding hydrogens is 200 g/mol. The van der Waals surface area contributed by atoms with Crippen LogP contribution in [0.15, 0.2) is 24.3 Å². The lowest BCUT2D eigenvalue weighted by Gasteiger charge is -2.29. The molecule has 0 radical (unpaired) electrons. The van der Waals surface area contributed by atoms with Crippen LogP contribution in [0.1, 0.15) is 44.4 Å². The summed E-state index contributed by atoms with van der Waals surface area (Å²) in [5, 5.41) is 10.2. The molecule has 2 unspecified atom stereocenters. The van der Waals surface area contributed by atoms with E-state index in [0.717, 1.165) is 18.4 Å². The first-order valence-electron chi connectivity index (χ1n) is 5.97. The van der Waals surface area contributed by atoms with Crippen LogP contribution in [0.25, 0.3) is 0 Å². The molecule has 0 saturated heterocycles. The highest BCUT2D eigenvalue weighted by Gasteiger charge is 2.34. The number of benzene rings is 1. The van der Waals surface area contributed by atoms with Crippen LogP contribution < -0.4 is 0 Å². The summed E-state index contributed by atoms with van der Waals surface area (Å²) in [4.78, 5) is 0. The van der Waals surface area contributed by atoms with E-state index in [1.807, 2.05) is 18.2 Å². The SMILES string of the molecule is CCC(C)(C)OC1Cc2ccccc2C1O. The third-order valence-corrected chi connectivity index (χ3v) is 3.47. The van der Waals surface area contributed by atoms with E-state index in [9.17, 15) is 5.11 Å². The Morgan fingerprint density at radius 2 is 2.06 bits per heavy atom. The second kappa shape index (κ2) is 4.19. The highest BCUT2D eigenvalue weighted by molar-refractivity contribution is 5.35. The molecule has 2 heteroatoms. The molecule has 2 atom stereocenters. The molecule has 0 spiro atoms. The van der Waals surface area contributed by atoms with E-state index < -0.39 is 6.10 Å². The standard InChI is InChI=1S/C14H20O2/c1-4-14(2,3)16-12-9-10-7-5-6-8-11(10)13(12)15/h5-8,12-13,15H,4,9H2,1-3H3. The van der Waals surface area contributed by atoms with Gasteiger partial charge in [0.25, 0.3) is 0 Å². The molecule has 0 amide bonds. The van der Waals surface area contributed by atoms with Crippen molar-refractivity contribution in [2.24, 2.45) is 0 Å². The first-order valence-corrected chi connectivity index (χ1v) is 5.97. The van der Waals surface area contributed by atoms with Gasteiger partial charge in [0, 0.05) is 6.42 Å². The minimum Gasteiger partial charge on any atom is -0.386 e. The van der Waals surface area contributed by atoms with Gasteiger partial charge in [0.05, 0.1) is 11.7 Å². The fourth-order valence-corrected chi connectivity index (χ4v) is 2.14. The van der Waals surface area contributed by atoms with Crippen LogP contribution in [-0.4, -0.2) is 16.8 Å². The van der Waals surface area contributed by atoms with Crippen molar-refractivity contribution in [2.45, 2.75) is 51.4 Å². The fraction of sp³-hybridized carbons (Fsp3) is 0.571. The summed E-state index contributed by atoms with van der Waals surface area (Å²) in [5.74, 6) is 0. The minimum absolute atomic E-state index is 0.0904. The number of aliphatic hydroxyl groups is 1. The number of fused-ring (bicyclic) bond motifs is 1. The molecule has 2 rings (SSSR count). The van der Waals surface area contributed by atoms with Gasteiger partial charge in [-0.1, -0.05) is 31.2 Å². The van der Waals surface area contributed by atoms with Gasteiger partial charge in [0.15, 0.2) is 0 Å². The van der Waals surface area contributed by atoms with Gasteiger partial charge in [0.1, 0.15) is 6.10 Å². The molecule has 1 aromatic rings. The Hall–Kier alpha value is -0.860. The minimum atomic E-state index is -0.470. The molecular formula is C14H20O2. The zero-order chi connectivity index (χ0) is 11.8. The molecule has 16 heavy (non-hydrogen) atoms. The third kappa shape index (κ3) is 2.13. The summed E-state index contributed by atoms with van der Waals surface area (Å²) in [5.41, 5.74) is 2.08.